The fourth-order valence-corrected chi connectivity index (χ4v) is 2.23. The zero-order valence-corrected chi connectivity index (χ0v) is 10.8. The summed E-state index contributed by atoms with van der Waals surface area (Å²) in [5.41, 5.74) is 2.58. The van der Waals surface area contributed by atoms with Gasteiger partial charge in [-0.1, -0.05) is 41.9 Å². The van der Waals surface area contributed by atoms with Crippen LogP contribution in [0.2, 0.25) is 10.3 Å². The van der Waals surface area contributed by atoms with Crippen LogP contribution < -0.4 is 0 Å². The quantitative estimate of drug-likeness (QED) is 0.606. The molecule has 0 aliphatic carbocycles. The summed E-state index contributed by atoms with van der Waals surface area (Å²) in [4.78, 5) is 8.51. The van der Waals surface area contributed by atoms with Gasteiger partial charge in [-0.15, -0.1) is 0 Å². The van der Waals surface area contributed by atoms with E-state index >= 15 is 0 Å². The van der Waals surface area contributed by atoms with Crippen LogP contribution in [0.3, 0.4) is 0 Å². The van der Waals surface area contributed by atoms with Crippen molar-refractivity contribution >= 4 is 34.1 Å². The maximum absolute atomic E-state index is 5.97. The highest BCUT2D eigenvalue weighted by Crippen LogP contribution is 2.28. The minimum Gasteiger partial charge on any atom is -0.218 e. The first kappa shape index (κ1) is 11.5. The molecule has 2 nitrogen and oxygen atoms in total. The number of aromatic nitrogens is 2. The zero-order chi connectivity index (χ0) is 12.5. The minimum atomic E-state index is 0.226. The summed E-state index contributed by atoms with van der Waals surface area (Å²) in [6.45, 7) is 0. The molecule has 2 aromatic carbocycles. The molecule has 0 amide bonds. The molecule has 0 aliphatic heterocycles. The second kappa shape index (κ2) is 4.56. The van der Waals surface area contributed by atoms with Gasteiger partial charge in [-0.3, -0.25) is 0 Å². The average Bonchev–Trinajstić information content (AvgIpc) is 2.38. The van der Waals surface area contributed by atoms with E-state index in [4.69, 9.17) is 23.2 Å². The average molecular weight is 275 g/mol. The molecule has 4 heteroatoms. The van der Waals surface area contributed by atoms with Gasteiger partial charge in [0.05, 0.1) is 11.2 Å². The summed E-state index contributed by atoms with van der Waals surface area (Å²) in [5, 5.41) is 1.80. The Morgan fingerprint density at radius 2 is 1.61 bits per heavy atom. The molecule has 0 radical (unpaired) electrons. The van der Waals surface area contributed by atoms with E-state index in [0.717, 1.165) is 22.2 Å². The van der Waals surface area contributed by atoms with Crippen LogP contribution in [0.25, 0.3) is 22.2 Å². The molecule has 0 fully saturated rings. The van der Waals surface area contributed by atoms with E-state index in [1.807, 2.05) is 42.5 Å². The fourth-order valence-electron chi connectivity index (χ4n) is 1.89. The third-order valence-electron chi connectivity index (χ3n) is 2.68. The lowest BCUT2D eigenvalue weighted by atomic mass is 10.1. The van der Waals surface area contributed by atoms with Gasteiger partial charge in [-0.05, 0) is 29.8 Å². The van der Waals surface area contributed by atoms with Crippen LogP contribution in [-0.2, 0) is 0 Å². The molecular formula is C14H8Cl2N2. The van der Waals surface area contributed by atoms with Gasteiger partial charge >= 0.3 is 0 Å². The van der Waals surface area contributed by atoms with Crippen molar-refractivity contribution in [3.63, 3.8) is 0 Å². The normalized spacial score (nSPS) is 10.8. The van der Waals surface area contributed by atoms with Crippen LogP contribution in [0.4, 0.5) is 0 Å². The minimum absolute atomic E-state index is 0.226. The zero-order valence-electron chi connectivity index (χ0n) is 9.27. The molecule has 0 aliphatic rings. The van der Waals surface area contributed by atoms with Gasteiger partial charge in [0.15, 0.2) is 0 Å². The van der Waals surface area contributed by atoms with Crippen LogP contribution in [-0.4, -0.2) is 9.97 Å². The molecule has 18 heavy (non-hydrogen) atoms. The predicted molar refractivity (Wildman–Crippen MR) is 75.0 cm³/mol. The van der Waals surface area contributed by atoms with E-state index in [1.165, 1.54) is 0 Å². The Bertz CT molecular complexity index is 706. The first-order chi connectivity index (χ1) is 8.74. The Morgan fingerprint density at radius 1 is 0.833 bits per heavy atom. The number of nitrogens with zero attached hydrogens (tertiary/aromatic N) is 2. The molecule has 1 aromatic heterocycles. The molecular weight excluding hydrogens is 267 g/mol. The first-order valence-electron chi connectivity index (χ1n) is 5.42. The summed E-state index contributed by atoms with van der Waals surface area (Å²) >= 11 is 11.9. The number of hydrogen-bond acceptors (Lipinski definition) is 2. The molecule has 1 heterocycles. The second-order valence-electron chi connectivity index (χ2n) is 3.87. The van der Waals surface area contributed by atoms with Crippen LogP contribution in [0, 0.1) is 0 Å². The fraction of sp³-hybridized carbons (Fsp3) is 0. The molecule has 88 valence electrons. The Kier molecular flexibility index (Phi) is 2.90. The lowest BCUT2D eigenvalue weighted by Crippen LogP contribution is -1.91. The van der Waals surface area contributed by atoms with Gasteiger partial charge in [0.25, 0.3) is 0 Å². The van der Waals surface area contributed by atoms with Gasteiger partial charge < -0.3 is 0 Å². The number of halogens is 2. The number of hydrogen-bond donors (Lipinski definition) is 0. The van der Waals surface area contributed by atoms with E-state index in [1.54, 1.807) is 6.07 Å². The second-order valence-corrected chi connectivity index (χ2v) is 4.64. The third kappa shape index (κ3) is 2.05. The molecule has 0 N–H and O–H groups in total. The standard InChI is InChI=1S/C14H8Cl2N2/c15-10-6-7-11-12(8-10)17-14(16)18-13(11)9-4-2-1-3-5-9/h1-8H. The monoisotopic (exact) mass is 274 g/mol. The van der Waals surface area contributed by atoms with Crippen molar-refractivity contribution in [1.82, 2.24) is 9.97 Å². The maximum atomic E-state index is 5.97. The highest BCUT2D eigenvalue weighted by molar-refractivity contribution is 6.31. The van der Waals surface area contributed by atoms with Crippen molar-refractivity contribution in [3.8, 4) is 11.3 Å². The molecule has 0 spiro atoms. The van der Waals surface area contributed by atoms with Gasteiger partial charge in [-0.25, -0.2) is 9.97 Å². The van der Waals surface area contributed by atoms with Crippen LogP contribution >= 0.6 is 23.2 Å². The Balaban J connectivity index is 2.35. The highest BCUT2D eigenvalue weighted by Gasteiger charge is 2.08. The predicted octanol–water partition coefficient (Wildman–Crippen LogP) is 4.60. The van der Waals surface area contributed by atoms with Gasteiger partial charge in [-0.2, -0.15) is 0 Å². The number of rotatable bonds is 1. The van der Waals surface area contributed by atoms with Gasteiger partial charge in [0.2, 0.25) is 5.28 Å². The van der Waals surface area contributed by atoms with E-state index < -0.39 is 0 Å². The molecule has 3 aromatic rings. The van der Waals surface area contributed by atoms with Crippen molar-refractivity contribution < 1.29 is 0 Å². The molecule has 0 unspecified atom stereocenters. The number of fused-ring (bicyclic) bond motifs is 1. The Labute approximate surface area is 114 Å². The first-order valence-corrected chi connectivity index (χ1v) is 6.18. The van der Waals surface area contributed by atoms with Gasteiger partial charge in [0, 0.05) is 16.0 Å². The Morgan fingerprint density at radius 3 is 2.39 bits per heavy atom. The molecule has 0 bridgehead atoms. The van der Waals surface area contributed by atoms with Crippen molar-refractivity contribution in [2.75, 3.05) is 0 Å². The van der Waals surface area contributed by atoms with Crippen LogP contribution in [0.1, 0.15) is 0 Å². The molecule has 0 atom stereocenters. The molecule has 3 rings (SSSR count). The third-order valence-corrected chi connectivity index (χ3v) is 3.08. The SMILES string of the molecule is Clc1ccc2c(-c3ccccc3)nc(Cl)nc2c1. The highest BCUT2D eigenvalue weighted by atomic mass is 35.5. The van der Waals surface area contributed by atoms with Crippen LogP contribution in [0.5, 0.6) is 0 Å². The van der Waals surface area contributed by atoms with E-state index in [0.29, 0.717) is 5.02 Å². The van der Waals surface area contributed by atoms with Crippen molar-refractivity contribution in [2.45, 2.75) is 0 Å². The summed E-state index contributed by atoms with van der Waals surface area (Å²) in [5.74, 6) is 0. The van der Waals surface area contributed by atoms with E-state index in [2.05, 4.69) is 9.97 Å². The lowest BCUT2D eigenvalue weighted by Gasteiger charge is -2.06. The summed E-state index contributed by atoms with van der Waals surface area (Å²) in [6.07, 6.45) is 0. The van der Waals surface area contributed by atoms with Crippen LogP contribution in [0.15, 0.2) is 48.5 Å². The molecule has 0 saturated heterocycles. The van der Waals surface area contributed by atoms with Crippen molar-refractivity contribution in [3.05, 3.63) is 58.8 Å². The maximum Gasteiger partial charge on any atom is 0.223 e. The smallest absolute Gasteiger partial charge is 0.218 e. The Hall–Kier alpha value is -1.64. The summed E-state index contributed by atoms with van der Waals surface area (Å²) in [7, 11) is 0. The summed E-state index contributed by atoms with van der Waals surface area (Å²) < 4.78 is 0. The topological polar surface area (TPSA) is 25.8 Å². The summed E-state index contributed by atoms with van der Waals surface area (Å²) in [6, 6.07) is 15.4. The van der Waals surface area contributed by atoms with Crippen molar-refractivity contribution in [1.29, 1.82) is 0 Å². The largest absolute Gasteiger partial charge is 0.223 e. The molecule has 0 saturated carbocycles. The number of benzene rings is 2. The van der Waals surface area contributed by atoms with E-state index in [9.17, 15) is 0 Å². The van der Waals surface area contributed by atoms with Gasteiger partial charge in [0.1, 0.15) is 0 Å². The van der Waals surface area contributed by atoms with E-state index in [-0.39, 0.29) is 5.28 Å². The lowest BCUT2D eigenvalue weighted by molar-refractivity contribution is 1.22. The van der Waals surface area contributed by atoms with Crippen molar-refractivity contribution in [2.24, 2.45) is 0 Å².